The maximum atomic E-state index is 12.3. The van der Waals surface area contributed by atoms with Crippen molar-refractivity contribution in [3.63, 3.8) is 0 Å². The van der Waals surface area contributed by atoms with E-state index in [0.29, 0.717) is 0 Å². The Kier molecular flexibility index (Phi) is 5.19. The van der Waals surface area contributed by atoms with Gasteiger partial charge in [-0.3, -0.25) is 0 Å². The molecule has 194 valence electrons. The van der Waals surface area contributed by atoms with Gasteiger partial charge in [-0.1, -0.05) is 109 Å². The van der Waals surface area contributed by atoms with Crippen LogP contribution in [0.4, 0.5) is 0 Å². The van der Waals surface area contributed by atoms with Gasteiger partial charge in [0.1, 0.15) is 5.69 Å². The molecule has 0 saturated carbocycles. The second-order valence-corrected chi connectivity index (χ2v) is 10.7. The Hall–Kier alpha value is -5.41. The molecule has 41 heavy (non-hydrogen) atoms. The van der Waals surface area contributed by atoms with Crippen molar-refractivity contribution in [2.75, 3.05) is 0 Å². The summed E-state index contributed by atoms with van der Waals surface area (Å²) in [5, 5.41) is 19.0. The summed E-state index contributed by atoms with van der Waals surface area (Å²) in [7, 11) is 0. The molecule has 0 aliphatic rings. The Morgan fingerprint density at radius 3 is 1.98 bits per heavy atom. The Labute approximate surface area is 237 Å². The number of hydrogen-bond donors (Lipinski definition) is 1. The van der Waals surface area contributed by atoms with Gasteiger partial charge in [-0.15, -0.1) is 0 Å². The minimum Gasteiger partial charge on any atom is -0.503 e. The maximum absolute atomic E-state index is 12.3. The Morgan fingerprint density at radius 1 is 0.561 bits per heavy atom. The van der Waals surface area contributed by atoms with Crippen molar-refractivity contribution >= 4 is 43.4 Å². The summed E-state index contributed by atoms with van der Waals surface area (Å²) in [4.78, 5) is 0. The zero-order valence-electron chi connectivity index (χ0n) is 22.6. The summed E-state index contributed by atoms with van der Waals surface area (Å²) in [5.41, 5.74) is 7.00. The van der Waals surface area contributed by atoms with Crippen LogP contribution in [0.25, 0.3) is 65.9 Å². The number of fused-ring (bicyclic) bond motifs is 4. The van der Waals surface area contributed by atoms with Gasteiger partial charge in [-0.2, -0.15) is 9.13 Å². The summed E-state index contributed by atoms with van der Waals surface area (Å²) in [6, 6.07) is 46.4. The van der Waals surface area contributed by atoms with E-state index in [1.165, 1.54) is 10.8 Å². The van der Waals surface area contributed by atoms with E-state index in [-0.39, 0.29) is 5.75 Å². The zero-order chi connectivity index (χ0) is 27.5. The van der Waals surface area contributed by atoms with Crippen molar-refractivity contribution in [3.05, 3.63) is 145 Å². The van der Waals surface area contributed by atoms with Gasteiger partial charge >= 0.3 is 0 Å². The van der Waals surface area contributed by atoms with Crippen LogP contribution in [-0.2, 0) is 0 Å². The fourth-order valence-corrected chi connectivity index (χ4v) is 6.38. The average molecular weight is 528 g/mol. The third-order valence-corrected chi connectivity index (χ3v) is 8.31. The zero-order valence-corrected chi connectivity index (χ0v) is 22.6. The monoisotopic (exact) mass is 527 g/mol. The number of imidazole rings is 1. The SMILES string of the molecule is Cc1ccc2ccccc2c1-c1c(O)c(-n2c[n+](-c3cccc4ccccc34)c3ccccc32)cc2ccccc12. The highest BCUT2D eigenvalue weighted by Crippen LogP contribution is 2.45. The summed E-state index contributed by atoms with van der Waals surface area (Å²) < 4.78 is 4.36. The van der Waals surface area contributed by atoms with Crippen LogP contribution in [0, 0.1) is 6.92 Å². The lowest BCUT2D eigenvalue weighted by molar-refractivity contribution is -0.566. The van der Waals surface area contributed by atoms with Crippen LogP contribution < -0.4 is 4.57 Å². The lowest BCUT2D eigenvalue weighted by Gasteiger charge is -2.16. The normalized spacial score (nSPS) is 11.6. The number of para-hydroxylation sites is 2. The Morgan fingerprint density at radius 2 is 1.17 bits per heavy atom. The third-order valence-electron chi connectivity index (χ3n) is 8.31. The van der Waals surface area contributed by atoms with E-state index < -0.39 is 0 Å². The van der Waals surface area contributed by atoms with E-state index in [0.717, 1.165) is 60.6 Å². The molecule has 3 nitrogen and oxygen atoms in total. The minimum absolute atomic E-state index is 0.272. The summed E-state index contributed by atoms with van der Waals surface area (Å²) in [6.45, 7) is 2.13. The highest BCUT2D eigenvalue weighted by atomic mass is 16.3. The van der Waals surface area contributed by atoms with Crippen molar-refractivity contribution in [1.29, 1.82) is 0 Å². The van der Waals surface area contributed by atoms with Crippen LogP contribution in [0.3, 0.4) is 0 Å². The van der Waals surface area contributed by atoms with Crippen LogP contribution >= 0.6 is 0 Å². The number of aromatic hydroxyl groups is 1. The Bertz CT molecular complexity index is 2290. The number of phenols is 1. The predicted molar refractivity (Wildman–Crippen MR) is 169 cm³/mol. The summed E-state index contributed by atoms with van der Waals surface area (Å²) >= 11 is 0. The molecule has 1 aromatic heterocycles. The first-order valence-corrected chi connectivity index (χ1v) is 13.9. The molecule has 8 rings (SSSR count). The number of hydrogen-bond acceptors (Lipinski definition) is 1. The lowest BCUT2D eigenvalue weighted by atomic mass is 9.89. The lowest BCUT2D eigenvalue weighted by Crippen LogP contribution is -2.29. The van der Waals surface area contributed by atoms with Crippen molar-refractivity contribution in [2.45, 2.75) is 6.92 Å². The molecule has 0 radical (unpaired) electrons. The first-order chi connectivity index (χ1) is 20.2. The molecular formula is C38H27N2O+. The fraction of sp³-hybridized carbons (Fsp3) is 0.0263. The molecular weight excluding hydrogens is 500 g/mol. The fourth-order valence-electron chi connectivity index (χ4n) is 6.38. The van der Waals surface area contributed by atoms with E-state index >= 15 is 0 Å². The molecule has 0 unspecified atom stereocenters. The first kappa shape index (κ1) is 23.5. The van der Waals surface area contributed by atoms with Gasteiger partial charge in [-0.25, -0.2) is 0 Å². The highest BCUT2D eigenvalue weighted by Gasteiger charge is 2.26. The van der Waals surface area contributed by atoms with E-state index in [2.05, 4.69) is 150 Å². The van der Waals surface area contributed by atoms with E-state index in [4.69, 9.17) is 0 Å². The molecule has 0 atom stereocenters. The number of nitrogens with zero attached hydrogens (tertiary/aromatic N) is 2. The molecule has 0 amide bonds. The molecule has 0 saturated heterocycles. The molecule has 0 bridgehead atoms. The highest BCUT2D eigenvalue weighted by molar-refractivity contribution is 6.10. The standard InChI is InChI=1S/C38H26N2O/c1-25-21-22-27-12-3-6-16-30(27)36(25)37-31-17-7-4-13-28(31)23-35(38(37)41)40-24-39(33-18-8-9-19-34(33)40)32-20-10-14-26-11-2-5-15-29(26)32/h2-24H,1H3/p+1. The average Bonchev–Trinajstić information content (AvgIpc) is 3.40. The van der Waals surface area contributed by atoms with Crippen LogP contribution in [0.1, 0.15) is 5.56 Å². The minimum atomic E-state index is 0.272. The quantitative estimate of drug-likeness (QED) is 0.228. The number of phenolic OH excluding ortho intramolecular Hbond substituents is 1. The van der Waals surface area contributed by atoms with Crippen molar-refractivity contribution in [2.24, 2.45) is 0 Å². The Balaban J connectivity index is 1.48. The second kappa shape index (κ2) is 9.07. The van der Waals surface area contributed by atoms with Crippen LogP contribution in [-0.4, -0.2) is 9.67 Å². The first-order valence-electron chi connectivity index (χ1n) is 13.9. The number of benzene rings is 7. The molecule has 1 heterocycles. The van der Waals surface area contributed by atoms with Crippen molar-refractivity contribution in [3.8, 4) is 28.3 Å². The van der Waals surface area contributed by atoms with Crippen LogP contribution in [0.5, 0.6) is 5.75 Å². The van der Waals surface area contributed by atoms with Crippen molar-refractivity contribution in [1.82, 2.24) is 4.57 Å². The number of aryl methyl sites for hydroxylation is 1. The predicted octanol–water partition coefficient (Wildman–Crippen LogP) is 9.05. The van der Waals surface area contributed by atoms with Gasteiger partial charge in [-0.05, 0) is 69.2 Å². The molecule has 0 aliphatic carbocycles. The molecule has 0 fully saturated rings. The van der Waals surface area contributed by atoms with Gasteiger partial charge < -0.3 is 5.11 Å². The largest absolute Gasteiger partial charge is 0.503 e. The van der Waals surface area contributed by atoms with Gasteiger partial charge in [0.05, 0.1) is 0 Å². The van der Waals surface area contributed by atoms with Gasteiger partial charge in [0.15, 0.2) is 22.5 Å². The smallest absolute Gasteiger partial charge is 0.255 e. The molecule has 3 heteroatoms. The number of aromatic nitrogens is 2. The van der Waals surface area contributed by atoms with E-state index in [1.807, 2.05) is 6.07 Å². The van der Waals surface area contributed by atoms with Gasteiger partial charge in [0.25, 0.3) is 6.33 Å². The van der Waals surface area contributed by atoms with Gasteiger partial charge in [0, 0.05) is 10.9 Å². The third kappa shape index (κ3) is 3.56. The second-order valence-electron chi connectivity index (χ2n) is 10.7. The van der Waals surface area contributed by atoms with Crippen LogP contribution in [0.15, 0.2) is 140 Å². The van der Waals surface area contributed by atoms with Crippen LogP contribution in [0.2, 0.25) is 0 Å². The van der Waals surface area contributed by atoms with Crippen molar-refractivity contribution < 1.29 is 9.67 Å². The molecule has 0 spiro atoms. The van der Waals surface area contributed by atoms with E-state index in [1.54, 1.807) is 0 Å². The van der Waals surface area contributed by atoms with E-state index in [9.17, 15) is 5.11 Å². The van der Waals surface area contributed by atoms with Gasteiger partial charge in [0.2, 0.25) is 0 Å². The molecule has 8 aromatic rings. The molecule has 7 aromatic carbocycles. The molecule has 1 N–H and O–H groups in total. The summed E-state index contributed by atoms with van der Waals surface area (Å²) in [5.74, 6) is 0.272. The number of rotatable bonds is 3. The topological polar surface area (TPSA) is 29.0 Å². The summed E-state index contributed by atoms with van der Waals surface area (Å²) in [6.07, 6.45) is 2.11. The molecule has 0 aliphatic heterocycles. The maximum Gasteiger partial charge on any atom is 0.255 e.